The second kappa shape index (κ2) is 7.57. The Labute approximate surface area is 144 Å². The predicted octanol–water partition coefficient (Wildman–Crippen LogP) is 2.61. The van der Waals surface area contributed by atoms with E-state index in [1.165, 1.54) is 0 Å². The fourth-order valence-corrected chi connectivity index (χ4v) is 2.22. The van der Waals surface area contributed by atoms with Crippen LogP contribution >= 0.6 is 0 Å². The van der Waals surface area contributed by atoms with Gasteiger partial charge in [0.15, 0.2) is 18.1 Å². The molecule has 1 heterocycles. The van der Waals surface area contributed by atoms with E-state index < -0.39 is 5.97 Å². The van der Waals surface area contributed by atoms with Gasteiger partial charge in [-0.3, -0.25) is 4.79 Å². The molecule has 0 atom stereocenters. The minimum Gasteiger partial charge on any atom is -0.484 e. The molecule has 2 aromatic carbocycles. The number of fused-ring (bicyclic) bond motifs is 1. The van der Waals surface area contributed by atoms with E-state index in [4.69, 9.17) is 18.9 Å². The minimum absolute atomic E-state index is 0.160. The van der Waals surface area contributed by atoms with Gasteiger partial charge in [-0.1, -0.05) is 0 Å². The molecule has 0 aliphatic carbocycles. The first kappa shape index (κ1) is 16.6. The molecule has 0 saturated carbocycles. The molecule has 130 valence electrons. The molecule has 25 heavy (non-hydrogen) atoms. The number of amides is 1. The van der Waals surface area contributed by atoms with E-state index in [9.17, 15) is 9.59 Å². The van der Waals surface area contributed by atoms with Crippen molar-refractivity contribution in [3.63, 3.8) is 0 Å². The van der Waals surface area contributed by atoms with Gasteiger partial charge < -0.3 is 24.3 Å². The molecule has 3 rings (SSSR count). The topological polar surface area (TPSA) is 83.1 Å². The summed E-state index contributed by atoms with van der Waals surface area (Å²) in [6.45, 7) is 2.08. The summed E-state index contributed by atoms with van der Waals surface area (Å²) in [6.07, 6.45) is 0. The first-order chi connectivity index (χ1) is 12.2. The lowest BCUT2D eigenvalue weighted by Crippen LogP contribution is -2.20. The lowest BCUT2D eigenvalue weighted by Gasteiger charge is -2.08. The van der Waals surface area contributed by atoms with Gasteiger partial charge in [0.2, 0.25) is 6.79 Å². The van der Waals surface area contributed by atoms with Gasteiger partial charge in [-0.05, 0) is 43.3 Å². The Kier molecular flexibility index (Phi) is 5.03. The zero-order chi connectivity index (χ0) is 17.6. The van der Waals surface area contributed by atoms with E-state index in [0.717, 1.165) is 0 Å². The number of carbonyl (C=O) groups excluding carboxylic acids is 2. The van der Waals surface area contributed by atoms with E-state index in [1.807, 2.05) is 0 Å². The van der Waals surface area contributed by atoms with E-state index in [0.29, 0.717) is 35.1 Å². The number of hydrogen-bond acceptors (Lipinski definition) is 6. The fourth-order valence-electron chi connectivity index (χ4n) is 2.22. The molecule has 1 amide bonds. The van der Waals surface area contributed by atoms with Gasteiger partial charge in [0.1, 0.15) is 5.75 Å². The largest absolute Gasteiger partial charge is 0.484 e. The Morgan fingerprint density at radius 3 is 2.60 bits per heavy atom. The van der Waals surface area contributed by atoms with Crippen LogP contribution in [0.3, 0.4) is 0 Å². The van der Waals surface area contributed by atoms with Crippen LogP contribution < -0.4 is 19.5 Å². The zero-order valence-corrected chi connectivity index (χ0v) is 13.6. The third kappa shape index (κ3) is 4.20. The summed E-state index contributed by atoms with van der Waals surface area (Å²) >= 11 is 0. The molecule has 0 bridgehead atoms. The summed E-state index contributed by atoms with van der Waals surface area (Å²) < 4.78 is 20.8. The van der Waals surface area contributed by atoms with Gasteiger partial charge >= 0.3 is 5.97 Å². The number of esters is 1. The maximum atomic E-state index is 12.0. The lowest BCUT2D eigenvalue weighted by atomic mass is 10.2. The monoisotopic (exact) mass is 343 g/mol. The summed E-state index contributed by atoms with van der Waals surface area (Å²) in [5, 5.41) is 2.71. The predicted molar refractivity (Wildman–Crippen MR) is 89.1 cm³/mol. The van der Waals surface area contributed by atoms with E-state index in [1.54, 1.807) is 49.4 Å². The van der Waals surface area contributed by atoms with Crippen molar-refractivity contribution in [3.05, 3.63) is 48.0 Å². The third-order valence-electron chi connectivity index (χ3n) is 3.39. The van der Waals surface area contributed by atoms with Crippen LogP contribution in [0.2, 0.25) is 0 Å². The Morgan fingerprint density at radius 2 is 1.84 bits per heavy atom. The highest BCUT2D eigenvalue weighted by molar-refractivity contribution is 5.92. The summed E-state index contributed by atoms with van der Waals surface area (Å²) in [5.74, 6) is 1.01. The lowest BCUT2D eigenvalue weighted by molar-refractivity contribution is -0.118. The number of carbonyl (C=O) groups is 2. The quantitative estimate of drug-likeness (QED) is 0.812. The van der Waals surface area contributed by atoms with Crippen molar-refractivity contribution in [3.8, 4) is 17.2 Å². The molecular weight excluding hydrogens is 326 g/mol. The van der Waals surface area contributed by atoms with Crippen LogP contribution in [0.4, 0.5) is 5.69 Å². The van der Waals surface area contributed by atoms with E-state index in [2.05, 4.69) is 5.32 Å². The van der Waals surface area contributed by atoms with E-state index >= 15 is 0 Å². The molecule has 7 heteroatoms. The molecule has 0 spiro atoms. The minimum atomic E-state index is -0.394. The van der Waals surface area contributed by atoms with Gasteiger partial charge in [-0.15, -0.1) is 0 Å². The summed E-state index contributed by atoms with van der Waals surface area (Å²) in [5.41, 5.74) is 1.02. The summed E-state index contributed by atoms with van der Waals surface area (Å²) in [6, 6.07) is 11.5. The second-order valence-corrected chi connectivity index (χ2v) is 5.15. The SMILES string of the molecule is CCOC(=O)c1ccc(OCC(=O)Nc2ccc3c(c2)OCO3)cc1. The molecule has 0 aromatic heterocycles. The van der Waals surface area contributed by atoms with Crippen LogP contribution in [0.1, 0.15) is 17.3 Å². The Hall–Kier alpha value is -3.22. The van der Waals surface area contributed by atoms with Crippen LogP contribution in [-0.4, -0.2) is 31.9 Å². The number of ether oxygens (including phenoxy) is 4. The van der Waals surface area contributed by atoms with Crippen LogP contribution in [0.15, 0.2) is 42.5 Å². The van der Waals surface area contributed by atoms with Gasteiger partial charge in [0.05, 0.1) is 12.2 Å². The highest BCUT2D eigenvalue weighted by atomic mass is 16.7. The molecule has 0 fully saturated rings. The maximum Gasteiger partial charge on any atom is 0.338 e. The molecule has 2 aromatic rings. The fraction of sp³-hybridized carbons (Fsp3) is 0.222. The molecule has 7 nitrogen and oxygen atoms in total. The van der Waals surface area contributed by atoms with Crippen LogP contribution in [0.5, 0.6) is 17.2 Å². The molecular formula is C18H17NO6. The average Bonchev–Trinajstić information content (AvgIpc) is 3.08. The smallest absolute Gasteiger partial charge is 0.338 e. The summed E-state index contributed by atoms with van der Waals surface area (Å²) in [7, 11) is 0. The first-order valence-electron chi connectivity index (χ1n) is 7.75. The van der Waals surface area contributed by atoms with Gasteiger partial charge in [-0.2, -0.15) is 0 Å². The Balaban J connectivity index is 1.51. The van der Waals surface area contributed by atoms with Gasteiger partial charge in [0.25, 0.3) is 5.91 Å². The van der Waals surface area contributed by atoms with Crippen molar-refractivity contribution in [2.45, 2.75) is 6.92 Å². The van der Waals surface area contributed by atoms with Crippen molar-refractivity contribution in [2.75, 3.05) is 25.3 Å². The summed E-state index contributed by atoms with van der Waals surface area (Å²) in [4.78, 5) is 23.5. The maximum absolute atomic E-state index is 12.0. The number of benzene rings is 2. The molecule has 0 radical (unpaired) electrons. The van der Waals surface area contributed by atoms with Crippen molar-refractivity contribution >= 4 is 17.6 Å². The Bertz CT molecular complexity index is 772. The van der Waals surface area contributed by atoms with Gasteiger partial charge in [0, 0.05) is 11.8 Å². The zero-order valence-electron chi connectivity index (χ0n) is 13.6. The van der Waals surface area contributed by atoms with E-state index in [-0.39, 0.29) is 19.3 Å². The second-order valence-electron chi connectivity index (χ2n) is 5.15. The van der Waals surface area contributed by atoms with Crippen LogP contribution in [-0.2, 0) is 9.53 Å². The molecule has 0 unspecified atom stereocenters. The normalized spacial score (nSPS) is 11.7. The number of anilines is 1. The van der Waals surface area contributed by atoms with Crippen molar-refractivity contribution in [1.82, 2.24) is 0 Å². The molecule has 1 N–H and O–H groups in total. The first-order valence-corrected chi connectivity index (χ1v) is 7.75. The van der Waals surface area contributed by atoms with Crippen molar-refractivity contribution in [2.24, 2.45) is 0 Å². The third-order valence-corrected chi connectivity index (χ3v) is 3.39. The standard InChI is InChI=1S/C18H17NO6/c1-2-22-18(21)12-3-6-14(7-4-12)23-10-17(20)19-13-5-8-15-16(9-13)25-11-24-15/h3-9H,2,10-11H2,1H3,(H,19,20). The molecule has 1 aliphatic rings. The average molecular weight is 343 g/mol. The molecule has 1 aliphatic heterocycles. The highest BCUT2D eigenvalue weighted by Gasteiger charge is 2.14. The number of rotatable bonds is 6. The van der Waals surface area contributed by atoms with Gasteiger partial charge in [-0.25, -0.2) is 4.79 Å². The van der Waals surface area contributed by atoms with Crippen LogP contribution in [0, 0.1) is 0 Å². The molecule has 0 saturated heterocycles. The van der Waals surface area contributed by atoms with Crippen molar-refractivity contribution < 1.29 is 28.5 Å². The highest BCUT2D eigenvalue weighted by Crippen LogP contribution is 2.34. The Morgan fingerprint density at radius 1 is 1.08 bits per heavy atom. The number of nitrogens with one attached hydrogen (secondary N) is 1. The number of hydrogen-bond donors (Lipinski definition) is 1. The van der Waals surface area contributed by atoms with Crippen LogP contribution in [0.25, 0.3) is 0 Å². The van der Waals surface area contributed by atoms with Crippen molar-refractivity contribution in [1.29, 1.82) is 0 Å².